The molecule has 0 aliphatic carbocycles. The molecule has 0 radical (unpaired) electrons. The van der Waals surface area contributed by atoms with Crippen molar-refractivity contribution in [1.29, 1.82) is 0 Å². The van der Waals surface area contributed by atoms with E-state index in [2.05, 4.69) is 37.3 Å². The Labute approximate surface area is 150 Å². The highest BCUT2D eigenvalue weighted by molar-refractivity contribution is 5.75. The minimum Gasteiger partial charge on any atom is -0.336 e. The zero-order valence-corrected chi connectivity index (χ0v) is 14.7. The van der Waals surface area contributed by atoms with Gasteiger partial charge in [-0.1, -0.05) is 5.16 Å². The van der Waals surface area contributed by atoms with Gasteiger partial charge >= 0.3 is 0 Å². The zero-order valence-electron chi connectivity index (χ0n) is 14.7. The second-order valence-corrected chi connectivity index (χ2v) is 7.01. The summed E-state index contributed by atoms with van der Waals surface area (Å²) in [5.41, 5.74) is 3.88. The third-order valence-corrected chi connectivity index (χ3v) is 5.23. The van der Waals surface area contributed by atoms with Crippen molar-refractivity contribution in [2.24, 2.45) is 0 Å². The lowest BCUT2D eigenvalue weighted by atomic mass is 9.94. The van der Waals surface area contributed by atoms with Crippen molar-refractivity contribution >= 4 is 16.9 Å². The molecule has 5 heterocycles. The fraction of sp³-hybridized carbons (Fsp3) is 0.368. The van der Waals surface area contributed by atoms with Crippen LogP contribution in [0.3, 0.4) is 0 Å². The Balaban J connectivity index is 1.26. The predicted molar refractivity (Wildman–Crippen MR) is 96.8 cm³/mol. The van der Waals surface area contributed by atoms with Gasteiger partial charge in [-0.2, -0.15) is 0 Å². The molecular weight excluding hydrogens is 328 g/mol. The fourth-order valence-electron chi connectivity index (χ4n) is 3.76. The maximum Gasteiger partial charge on any atom is 0.257 e. The van der Waals surface area contributed by atoms with Crippen molar-refractivity contribution < 1.29 is 4.52 Å². The van der Waals surface area contributed by atoms with Crippen LogP contribution in [-0.2, 0) is 6.54 Å². The number of fused-ring (bicyclic) bond motifs is 2. The van der Waals surface area contributed by atoms with E-state index in [4.69, 9.17) is 4.52 Å². The van der Waals surface area contributed by atoms with Crippen molar-refractivity contribution in [3.8, 4) is 0 Å². The summed E-state index contributed by atoms with van der Waals surface area (Å²) in [6.07, 6.45) is 10.0. The maximum atomic E-state index is 5.19. The molecule has 0 bridgehead atoms. The SMILES string of the molecule is Cc1noc2ncc(CN3CCC(c4cn5cccnc5n4)CC3)cc12. The molecule has 7 heteroatoms. The Morgan fingerprint density at radius 1 is 1.23 bits per heavy atom. The van der Waals surface area contributed by atoms with Crippen LogP contribution in [0.15, 0.2) is 41.4 Å². The Morgan fingerprint density at radius 3 is 2.96 bits per heavy atom. The molecule has 0 N–H and O–H groups in total. The maximum absolute atomic E-state index is 5.19. The summed E-state index contributed by atoms with van der Waals surface area (Å²) >= 11 is 0. The monoisotopic (exact) mass is 348 g/mol. The van der Waals surface area contributed by atoms with Crippen molar-refractivity contribution in [2.45, 2.75) is 32.2 Å². The summed E-state index contributed by atoms with van der Waals surface area (Å²) < 4.78 is 7.20. The molecule has 0 spiro atoms. The molecule has 0 aromatic carbocycles. The minimum atomic E-state index is 0.508. The lowest BCUT2D eigenvalue weighted by Gasteiger charge is -2.31. The van der Waals surface area contributed by atoms with Gasteiger partial charge in [0.15, 0.2) is 0 Å². The van der Waals surface area contributed by atoms with E-state index in [-0.39, 0.29) is 0 Å². The number of aromatic nitrogens is 5. The molecule has 5 rings (SSSR count). The van der Waals surface area contributed by atoms with E-state index in [0.29, 0.717) is 11.6 Å². The topological polar surface area (TPSA) is 72.4 Å². The normalized spacial score (nSPS) is 16.7. The Hall–Kier alpha value is -2.80. The molecule has 26 heavy (non-hydrogen) atoms. The smallest absolute Gasteiger partial charge is 0.257 e. The average molecular weight is 348 g/mol. The lowest BCUT2D eigenvalue weighted by Crippen LogP contribution is -2.32. The first kappa shape index (κ1) is 15.5. The number of piperidine rings is 1. The van der Waals surface area contributed by atoms with Crippen molar-refractivity contribution in [1.82, 2.24) is 29.4 Å². The third-order valence-electron chi connectivity index (χ3n) is 5.23. The summed E-state index contributed by atoms with van der Waals surface area (Å²) in [4.78, 5) is 15.9. The van der Waals surface area contributed by atoms with E-state index in [9.17, 15) is 0 Å². The molecule has 4 aromatic heterocycles. The van der Waals surface area contributed by atoms with Crippen LogP contribution in [0.25, 0.3) is 16.9 Å². The molecule has 1 fully saturated rings. The number of aryl methyl sites for hydroxylation is 1. The second-order valence-electron chi connectivity index (χ2n) is 7.01. The molecule has 0 saturated carbocycles. The molecule has 0 amide bonds. The van der Waals surface area contributed by atoms with Gasteiger partial charge in [-0.05, 0) is 50.6 Å². The Morgan fingerprint density at radius 2 is 2.12 bits per heavy atom. The van der Waals surface area contributed by atoms with Crippen LogP contribution in [-0.4, -0.2) is 42.5 Å². The van der Waals surface area contributed by atoms with Crippen molar-refractivity contribution in [3.05, 3.63) is 53.9 Å². The Bertz CT molecular complexity index is 1030. The first-order valence-electron chi connectivity index (χ1n) is 8.99. The number of nitrogens with zero attached hydrogens (tertiary/aromatic N) is 6. The van der Waals surface area contributed by atoms with Gasteiger partial charge in [0, 0.05) is 37.3 Å². The van der Waals surface area contributed by atoms with Crippen LogP contribution in [0.4, 0.5) is 0 Å². The standard InChI is InChI=1S/C19H20N6O/c1-13-16-9-14(10-21-18(16)26-23-13)11-24-7-3-15(4-8-24)17-12-25-6-2-5-20-19(25)22-17/h2,5-6,9-10,12,15H,3-4,7-8,11H2,1H3. The van der Waals surface area contributed by atoms with Crippen LogP contribution in [0.5, 0.6) is 0 Å². The molecule has 1 aliphatic heterocycles. The summed E-state index contributed by atoms with van der Waals surface area (Å²) in [5.74, 6) is 1.29. The van der Waals surface area contributed by atoms with E-state index in [0.717, 1.165) is 55.0 Å². The lowest BCUT2D eigenvalue weighted by molar-refractivity contribution is 0.203. The number of imidazole rings is 1. The summed E-state index contributed by atoms with van der Waals surface area (Å²) in [6.45, 7) is 4.98. The quantitative estimate of drug-likeness (QED) is 0.567. The molecule has 7 nitrogen and oxygen atoms in total. The number of hydrogen-bond acceptors (Lipinski definition) is 6. The van der Waals surface area contributed by atoms with Gasteiger partial charge in [0.2, 0.25) is 5.78 Å². The Kier molecular flexibility index (Phi) is 3.67. The molecule has 132 valence electrons. The van der Waals surface area contributed by atoms with E-state index in [1.54, 1.807) is 6.20 Å². The highest BCUT2D eigenvalue weighted by Crippen LogP contribution is 2.28. The van der Waals surface area contributed by atoms with Crippen LogP contribution in [0, 0.1) is 6.92 Å². The zero-order chi connectivity index (χ0) is 17.5. The number of likely N-dealkylation sites (tertiary alicyclic amines) is 1. The third kappa shape index (κ3) is 2.74. The first-order valence-corrected chi connectivity index (χ1v) is 8.99. The average Bonchev–Trinajstić information content (AvgIpc) is 3.26. The minimum absolute atomic E-state index is 0.508. The highest BCUT2D eigenvalue weighted by Gasteiger charge is 2.23. The molecule has 1 saturated heterocycles. The largest absolute Gasteiger partial charge is 0.336 e. The van der Waals surface area contributed by atoms with Gasteiger partial charge in [-0.15, -0.1) is 0 Å². The van der Waals surface area contributed by atoms with Gasteiger partial charge in [-0.25, -0.2) is 15.0 Å². The van der Waals surface area contributed by atoms with Gasteiger partial charge in [0.1, 0.15) is 0 Å². The number of hydrogen-bond donors (Lipinski definition) is 0. The summed E-state index contributed by atoms with van der Waals surface area (Å²) in [5, 5.41) is 4.99. The van der Waals surface area contributed by atoms with Gasteiger partial charge in [0.05, 0.1) is 16.8 Å². The van der Waals surface area contributed by atoms with Crippen LogP contribution in [0.1, 0.15) is 35.7 Å². The number of pyridine rings is 1. The fourth-order valence-corrected chi connectivity index (χ4v) is 3.76. The van der Waals surface area contributed by atoms with Crippen molar-refractivity contribution in [3.63, 3.8) is 0 Å². The van der Waals surface area contributed by atoms with Gasteiger partial charge < -0.3 is 4.52 Å². The van der Waals surface area contributed by atoms with E-state index < -0.39 is 0 Å². The highest BCUT2D eigenvalue weighted by atomic mass is 16.5. The van der Waals surface area contributed by atoms with Gasteiger partial charge in [0.25, 0.3) is 5.71 Å². The number of rotatable bonds is 3. The molecule has 1 aliphatic rings. The van der Waals surface area contributed by atoms with Crippen LogP contribution >= 0.6 is 0 Å². The van der Waals surface area contributed by atoms with Gasteiger partial charge in [-0.3, -0.25) is 9.30 Å². The molecular formula is C19H20N6O. The predicted octanol–water partition coefficient (Wildman–Crippen LogP) is 2.95. The van der Waals surface area contributed by atoms with Crippen LogP contribution in [0.2, 0.25) is 0 Å². The molecule has 0 unspecified atom stereocenters. The van der Waals surface area contributed by atoms with E-state index in [1.807, 2.05) is 29.8 Å². The van der Waals surface area contributed by atoms with E-state index in [1.165, 1.54) is 5.56 Å². The summed E-state index contributed by atoms with van der Waals surface area (Å²) in [6, 6.07) is 4.08. The van der Waals surface area contributed by atoms with Crippen LogP contribution < -0.4 is 0 Å². The molecule has 4 aromatic rings. The second kappa shape index (κ2) is 6.17. The molecule has 0 atom stereocenters. The first-order chi connectivity index (χ1) is 12.8. The van der Waals surface area contributed by atoms with E-state index >= 15 is 0 Å². The van der Waals surface area contributed by atoms with Crippen molar-refractivity contribution in [2.75, 3.05) is 13.1 Å². The summed E-state index contributed by atoms with van der Waals surface area (Å²) in [7, 11) is 0.